The maximum atomic E-state index is 12.6. The molecule has 0 aliphatic carbocycles. The van der Waals surface area contributed by atoms with Gasteiger partial charge in [-0.1, -0.05) is 6.07 Å². The first-order valence-electron chi connectivity index (χ1n) is 6.72. The summed E-state index contributed by atoms with van der Waals surface area (Å²) >= 11 is 0. The summed E-state index contributed by atoms with van der Waals surface area (Å²) < 4.78 is 0. The molecule has 2 aliphatic heterocycles. The van der Waals surface area contributed by atoms with E-state index in [-0.39, 0.29) is 11.4 Å². The summed E-state index contributed by atoms with van der Waals surface area (Å²) in [7, 11) is 0. The Kier molecular flexibility index (Phi) is 2.67. The van der Waals surface area contributed by atoms with Gasteiger partial charge in [-0.25, -0.2) is 0 Å². The van der Waals surface area contributed by atoms with Gasteiger partial charge in [-0.05, 0) is 49.9 Å². The summed E-state index contributed by atoms with van der Waals surface area (Å²) in [6, 6.07) is 6.13. The lowest BCUT2D eigenvalue weighted by molar-refractivity contribution is 0.0652. The highest BCUT2D eigenvalue weighted by Crippen LogP contribution is 2.30. The van der Waals surface area contributed by atoms with Crippen molar-refractivity contribution in [1.29, 1.82) is 0 Å². The van der Waals surface area contributed by atoms with Gasteiger partial charge in [0.05, 0.1) is 0 Å². The number of fused-ring (bicyclic) bond motifs is 1. The number of nitrogens with zero attached hydrogens (tertiary/aromatic N) is 1. The maximum absolute atomic E-state index is 12.6. The van der Waals surface area contributed by atoms with Crippen LogP contribution in [0.5, 0.6) is 0 Å². The van der Waals surface area contributed by atoms with Crippen LogP contribution in [-0.2, 0) is 13.1 Å². The summed E-state index contributed by atoms with van der Waals surface area (Å²) in [5, 5.41) is 3.31. The van der Waals surface area contributed by atoms with E-state index in [0.29, 0.717) is 0 Å². The fraction of sp³-hybridized carbons (Fsp3) is 0.533. The first-order valence-corrected chi connectivity index (χ1v) is 6.72. The van der Waals surface area contributed by atoms with Crippen molar-refractivity contribution in [1.82, 2.24) is 10.2 Å². The molecular weight excluding hydrogens is 224 g/mol. The fourth-order valence-electron chi connectivity index (χ4n) is 3.07. The van der Waals surface area contributed by atoms with Crippen molar-refractivity contribution in [2.75, 3.05) is 6.54 Å². The molecule has 0 bridgehead atoms. The number of rotatable bonds is 1. The van der Waals surface area contributed by atoms with Crippen molar-refractivity contribution in [2.45, 2.75) is 45.3 Å². The zero-order valence-electron chi connectivity index (χ0n) is 11.1. The van der Waals surface area contributed by atoms with Crippen molar-refractivity contribution in [3.63, 3.8) is 0 Å². The Morgan fingerprint density at radius 1 is 1.28 bits per heavy atom. The molecule has 0 unspecified atom stereocenters. The Bertz CT molecular complexity index is 493. The van der Waals surface area contributed by atoms with E-state index in [9.17, 15) is 4.79 Å². The van der Waals surface area contributed by atoms with Gasteiger partial charge in [-0.3, -0.25) is 4.79 Å². The molecule has 3 heteroatoms. The first-order chi connectivity index (χ1) is 8.58. The summed E-state index contributed by atoms with van der Waals surface area (Å²) in [6.45, 7) is 7.03. The van der Waals surface area contributed by atoms with E-state index in [1.54, 1.807) is 0 Å². The highest BCUT2D eigenvalue weighted by molar-refractivity contribution is 5.95. The van der Waals surface area contributed by atoms with Crippen LogP contribution in [0.1, 0.15) is 48.2 Å². The smallest absolute Gasteiger partial charge is 0.254 e. The maximum Gasteiger partial charge on any atom is 0.254 e. The Labute approximate surface area is 108 Å². The van der Waals surface area contributed by atoms with Crippen LogP contribution in [0, 0.1) is 0 Å². The highest BCUT2D eigenvalue weighted by atomic mass is 16.2. The van der Waals surface area contributed by atoms with Crippen molar-refractivity contribution in [3.05, 3.63) is 34.9 Å². The second-order valence-corrected chi connectivity index (χ2v) is 5.96. The van der Waals surface area contributed by atoms with Crippen LogP contribution in [0.25, 0.3) is 0 Å². The highest BCUT2D eigenvalue weighted by Gasteiger charge is 2.35. The van der Waals surface area contributed by atoms with Crippen molar-refractivity contribution in [2.24, 2.45) is 0 Å². The lowest BCUT2D eigenvalue weighted by Crippen LogP contribution is -2.42. The molecule has 2 heterocycles. The lowest BCUT2D eigenvalue weighted by Gasteiger charge is -2.31. The summed E-state index contributed by atoms with van der Waals surface area (Å²) in [5.74, 6) is 0.187. The van der Waals surface area contributed by atoms with Crippen LogP contribution in [0.2, 0.25) is 0 Å². The molecule has 1 fully saturated rings. The largest absolute Gasteiger partial charge is 0.334 e. The van der Waals surface area contributed by atoms with E-state index < -0.39 is 0 Å². The fourth-order valence-corrected chi connectivity index (χ4v) is 3.07. The predicted octanol–water partition coefficient (Wildman–Crippen LogP) is 2.30. The first kappa shape index (κ1) is 11.7. The Morgan fingerprint density at radius 3 is 2.78 bits per heavy atom. The quantitative estimate of drug-likeness (QED) is 0.822. The Morgan fingerprint density at radius 2 is 2.06 bits per heavy atom. The van der Waals surface area contributed by atoms with Gasteiger partial charge in [-0.2, -0.15) is 0 Å². The number of nitrogens with one attached hydrogen (secondary N) is 1. The van der Waals surface area contributed by atoms with Gasteiger partial charge >= 0.3 is 0 Å². The topological polar surface area (TPSA) is 32.3 Å². The van der Waals surface area contributed by atoms with Crippen molar-refractivity contribution in [3.8, 4) is 0 Å². The minimum atomic E-state index is 0.00828. The van der Waals surface area contributed by atoms with E-state index in [0.717, 1.165) is 38.0 Å². The van der Waals surface area contributed by atoms with Gasteiger partial charge in [-0.15, -0.1) is 0 Å². The Hall–Kier alpha value is -1.35. The SMILES string of the molecule is CC1(C)CCCN1C(=O)c1ccc2c(c1)CNC2. The third-order valence-corrected chi connectivity index (χ3v) is 4.23. The van der Waals surface area contributed by atoms with Crippen LogP contribution in [0.15, 0.2) is 18.2 Å². The van der Waals surface area contributed by atoms with Crippen molar-refractivity contribution >= 4 is 5.91 Å². The van der Waals surface area contributed by atoms with Crippen LogP contribution < -0.4 is 5.32 Å². The standard InChI is InChI=1S/C15H20N2O/c1-15(2)6-3-7-17(15)14(18)11-4-5-12-9-16-10-13(12)8-11/h4-5,8,16H,3,6-7,9-10H2,1-2H3. The van der Waals surface area contributed by atoms with Gasteiger partial charge in [0.2, 0.25) is 0 Å². The molecule has 0 spiro atoms. The normalized spacial score (nSPS) is 21.1. The molecule has 0 atom stereocenters. The van der Waals surface area contributed by atoms with E-state index in [1.165, 1.54) is 11.1 Å². The predicted molar refractivity (Wildman–Crippen MR) is 71.3 cm³/mol. The molecule has 0 aromatic heterocycles. The van der Waals surface area contributed by atoms with Gasteiger partial charge < -0.3 is 10.2 Å². The van der Waals surface area contributed by atoms with Crippen molar-refractivity contribution < 1.29 is 4.79 Å². The zero-order chi connectivity index (χ0) is 12.8. The summed E-state index contributed by atoms with van der Waals surface area (Å²) in [6.07, 6.45) is 2.22. The molecule has 1 N–H and O–H groups in total. The van der Waals surface area contributed by atoms with Crippen LogP contribution in [0.3, 0.4) is 0 Å². The second kappa shape index (κ2) is 4.09. The molecule has 96 valence electrons. The molecule has 1 aromatic carbocycles. The van der Waals surface area contributed by atoms with Crippen LogP contribution >= 0.6 is 0 Å². The molecule has 0 saturated carbocycles. The van der Waals surface area contributed by atoms with E-state index in [4.69, 9.17) is 0 Å². The third kappa shape index (κ3) is 1.83. The monoisotopic (exact) mass is 244 g/mol. The minimum absolute atomic E-state index is 0.00828. The average Bonchev–Trinajstić information content (AvgIpc) is 2.92. The number of carbonyl (C=O) groups is 1. The zero-order valence-corrected chi connectivity index (χ0v) is 11.1. The minimum Gasteiger partial charge on any atom is -0.334 e. The van der Waals surface area contributed by atoms with E-state index >= 15 is 0 Å². The van der Waals surface area contributed by atoms with Gasteiger partial charge in [0.1, 0.15) is 0 Å². The van der Waals surface area contributed by atoms with E-state index in [2.05, 4.69) is 31.3 Å². The van der Waals surface area contributed by atoms with Crippen LogP contribution in [0.4, 0.5) is 0 Å². The lowest BCUT2D eigenvalue weighted by atomic mass is 10.0. The molecule has 18 heavy (non-hydrogen) atoms. The molecule has 0 radical (unpaired) electrons. The molecule has 1 amide bonds. The molecular formula is C15H20N2O. The number of carbonyl (C=O) groups excluding carboxylic acids is 1. The van der Waals surface area contributed by atoms with E-state index in [1.807, 2.05) is 11.0 Å². The van der Waals surface area contributed by atoms with Gasteiger partial charge in [0.25, 0.3) is 5.91 Å². The van der Waals surface area contributed by atoms with Gasteiger partial charge in [0, 0.05) is 30.7 Å². The molecule has 1 saturated heterocycles. The summed E-state index contributed by atoms with van der Waals surface area (Å²) in [5.41, 5.74) is 3.45. The molecule has 3 nitrogen and oxygen atoms in total. The van der Waals surface area contributed by atoms with Gasteiger partial charge in [0.15, 0.2) is 0 Å². The Balaban J connectivity index is 1.89. The molecule has 3 rings (SSSR count). The second-order valence-electron chi connectivity index (χ2n) is 5.96. The number of hydrogen-bond acceptors (Lipinski definition) is 2. The number of hydrogen-bond donors (Lipinski definition) is 1. The molecule has 2 aliphatic rings. The number of likely N-dealkylation sites (tertiary alicyclic amines) is 1. The number of amides is 1. The summed E-state index contributed by atoms with van der Waals surface area (Å²) in [4.78, 5) is 14.6. The average molecular weight is 244 g/mol. The third-order valence-electron chi connectivity index (χ3n) is 4.23. The van der Waals surface area contributed by atoms with Crippen LogP contribution in [-0.4, -0.2) is 22.9 Å². The molecule has 1 aromatic rings. The number of benzene rings is 1.